The van der Waals surface area contributed by atoms with E-state index in [0.717, 1.165) is 30.9 Å². The van der Waals surface area contributed by atoms with Crippen LogP contribution in [-0.2, 0) is 0 Å². The van der Waals surface area contributed by atoms with Crippen molar-refractivity contribution in [2.45, 2.75) is 25.7 Å². The van der Waals surface area contributed by atoms with Gasteiger partial charge in [-0.15, -0.1) is 6.58 Å². The zero-order valence-electron chi connectivity index (χ0n) is 9.11. The van der Waals surface area contributed by atoms with Crippen LogP contribution in [0.5, 0.6) is 5.75 Å². The van der Waals surface area contributed by atoms with Gasteiger partial charge in [0.25, 0.3) is 0 Å². The van der Waals surface area contributed by atoms with Gasteiger partial charge in [-0.1, -0.05) is 12.1 Å². The molecule has 0 heterocycles. The Morgan fingerprint density at radius 1 is 1.27 bits per heavy atom. The Morgan fingerprint density at radius 2 is 2.13 bits per heavy atom. The molecule has 1 aromatic rings. The largest absolute Gasteiger partial charge is 0.494 e. The van der Waals surface area contributed by atoms with Gasteiger partial charge in [-0.05, 0) is 37.8 Å². The van der Waals surface area contributed by atoms with Crippen LogP contribution in [-0.4, -0.2) is 6.61 Å². The van der Waals surface area contributed by atoms with Gasteiger partial charge in [0.05, 0.1) is 6.61 Å². The predicted molar refractivity (Wildman–Crippen MR) is 65.0 cm³/mol. The van der Waals surface area contributed by atoms with Gasteiger partial charge in [0, 0.05) is 11.8 Å². The average Bonchev–Trinajstić information content (AvgIpc) is 2.23. The standard InChI is InChI=1S/C13H19NO/c1-2-3-4-5-6-10-15-13-9-7-8-12(14)11-13/h2,7-9,11H,1,3-6,10,14H2. The lowest BCUT2D eigenvalue weighted by Gasteiger charge is -2.06. The molecule has 0 saturated heterocycles. The molecule has 0 aliphatic heterocycles. The quantitative estimate of drug-likeness (QED) is 0.420. The summed E-state index contributed by atoms with van der Waals surface area (Å²) in [5.41, 5.74) is 6.39. The van der Waals surface area contributed by atoms with E-state index in [0.29, 0.717) is 0 Å². The molecular formula is C13H19NO. The van der Waals surface area contributed by atoms with Crippen LogP contribution in [0.1, 0.15) is 25.7 Å². The first-order chi connectivity index (χ1) is 7.33. The number of nitrogen functional groups attached to an aromatic ring is 1. The van der Waals surface area contributed by atoms with E-state index in [1.807, 2.05) is 30.3 Å². The van der Waals surface area contributed by atoms with E-state index >= 15 is 0 Å². The van der Waals surface area contributed by atoms with Crippen LogP contribution in [0.3, 0.4) is 0 Å². The molecule has 82 valence electrons. The van der Waals surface area contributed by atoms with Crippen molar-refractivity contribution >= 4 is 5.69 Å². The smallest absolute Gasteiger partial charge is 0.121 e. The number of unbranched alkanes of at least 4 members (excludes halogenated alkanes) is 3. The molecule has 0 atom stereocenters. The minimum absolute atomic E-state index is 0.749. The fourth-order valence-corrected chi connectivity index (χ4v) is 1.36. The molecule has 0 aromatic heterocycles. The first-order valence-electron chi connectivity index (χ1n) is 5.42. The molecule has 0 radical (unpaired) electrons. The van der Waals surface area contributed by atoms with Gasteiger partial charge in [-0.3, -0.25) is 0 Å². The monoisotopic (exact) mass is 205 g/mol. The average molecular weight is 205 g/mol. The maximum Gasteiger partial charge on any atom is 0.121 e. The Bertz CT molecular complexity index is 296. The van der Waals surface area contributed by atoms with Crippen molar-refractivity contribution < 1.29 is 4.74 Å². The molecule has 0 saturated carbocycles. The summed E-state index contributed by atoms with van der Waals surface area (Å²) in [6, 6.07) is 7.54. The van der Waals surface area contributed by atoms with Gasteiger partial charge < -0.3 is 10.5 Å². The van der Waals surface area contributed by atoms with E-state index in [1.54, 1.807) is 0 Å². The van der Waals surface area contributed by atoms with Crippen LogP contribution in [0.4, 0.5) is 5.69 Å². The maximum atomic E-state index is 5.64. The highest BCUT2D eigenvalue weighted by Crippen LogP contribution is 2.14. The molecule has 15 heavy (non-hydrogen) atoms. The van der Waals surface area contributed by atoms with Crippen molar-refractivity contribution in [1.82, 2.24) is 0 Å². The zero-order valence-corrected chi connectivity index (χ0v) is 9.11. The Balaban J connectivity index is 2.12. The van der Waals surface area contributed by atoms with E-state index in [9.17, 15) is 0 Å². The van der Waals surface area contributed by atoms with Gasteiger partial charge in [0.2, 0.25) is 0 Å². The number of nitrogens with two attached hydrogens (primary N) is 1. The van der Waals surface area contributed by atoms with Crippen LogP contribution < -0.4 is 10.5 Å². The van der Waals surface area contributed by atoms with Crippen molar-refractivity contribution in [2.75, 3.05) is 12.3 Å². The molecule has 0 unspecified atom stereocenters. The summed E-state index contributed by atoms with van der Waals surface area (Å²) in [7, 11) is 0. The second-order valence-corrected chi connectivity index (χ2v) is 3.56. The van der Waals surface area contributed by atoms with Crippen LogP contribution >= 0.6 is 0 Å². The molecule has 2 nitrogen and oxygen atoms in total. The summed E-state index contributed by atoms with van der Waals surface area (Å²) in [4.78, 5) is 0. The van der Waals surface area contributed by atoms with Gasteiger partial charge >= 0.3 is 0 Å². The van der Waals surface area contributed by atoms with Crippen molar-refractivity contribution in [2.24, 2.45) is 0 Å². The number of hydrogen-bond donors (Lipinski definition) is 1. The second-order valence-electron chi connectivity index (χ2n) is 3.56. The molecule has 0 aliphatic rings. The minimum Gasteiger partial charge on any atom is -0.494 e. The Morgan fingerprint density at radius 3 is 2.87 bits per heavy atom. The Hall–Kier alpha value is -1.44. The van der Waals surface area contributed by atoms with Crippen molar-refractivity contribution in [1.29, 1.82) is 0 Å². The molecule has 2 heteroatoms. The highest BCUT2D eigenvalue weighted by molar-refractivity contribution is 5.43. The molecule has 0 spiro atoms. The van der Waals surface area contributed by atoms with Crippen LogP contribution in [0.25, 0.3) is 0 Å². The Labute approximate surface area is 91.7 Å². The topological polar surface area (TPSA) is 35.2 Å². The van der Waals surface area contributed by atoms with Crippen LogP contribution in [0, 0.1) is 0 Å². The third kappa shape index (κ3) is 5.11. The summed E-state index contributed by atoms with van der Waals surface area (Å²) in [6.07, 6.45) is 6.53. The number of rotatable bonds is 7. The van der Waals surface area contributed by atoms with Crippen molar-refractivity contribution in [3.8, 4) is 5.75 Å². The van der Waals surface area contributed by atoms with Gasteiger partial charge in [0.1, 0.15) is 5.75 Å². The predicted octanol–water partition coefficient (Wildman–Crippen LogP) is 3.39. The number of ether oxygens (including phenoxy) is 1. The van der Waals surface area contributed by atoms with Crippen molar-refractivity contribution in [3.63, 3.8) is 0 Å². The highest BCUT2D eigenvalue weighted by atomic mass is 16.5. The van der Waals surface area contributed by atoms with E-state index < -0.39 is 0 Å². The molecule has 0 bridgehead atoms. The van der Waals surface area contributed by atoms with Crippen LogP contribution in [0.15, 0.2) is 36.9 Å². The summed E-state index contributed by atoms with van der Waals surface area (Å²) >= 11 is 0. The third-order valence-corrected chi connectivity index (χ3v) is 2.18. The number of benzene rings is 1. The second kappa shape index (κ2) is 6.93. The lowest BCUT2D eigenvalue weighted by atomic mass is 10.2. The van der Waals surface area contributed by atoms with E-state index in [2.05, 4.69) is 6.58 Å². The molecule has 1 aromatic carbocycles. The summed E-state index contributed by atoms with van der Waals surface area (Å²) < 4.78 is 5.56. The number of anilines is 1. The van der Waals surface area contributed by atoms with Gasteiger partial charge in [0.15, 0.2) is 0 Å². The molecule has 0 fully saturated rings. The van der Waals surface area contributed by atoms with E-state index in [1.165, 1.54) is 12.8 Å². The fraction of sp³-hybridized carbons (Fsp3) is 0.385. The number of allylic oxidation sites excluding steroid dienone is 1. The summed E-state index contributed by atoms with van der Waals surface area (Å²) in [5, 5.41) is 0. The Kier molecular flexibility index (Phi) is 5.38. The van der Waals surface area contributed by atoms with Crippen LogP contribution in [0.2, 0.25) is 0 Å². The first-order valence-corrected chi connectivity index (χ1v) is 5.42. The van der Waals surface area contributed by atoms with Gasteiger partial charge in [-0.25, -0.2) is 0 Å². The normalized spacial score (nSPS) is 9.87. The van der Waals surface area contributed by atoms with E-state index in [-0.39, 0.29) is 0 Å². The highest BCUT2D eigenvalue weighted by Gasteiger charge is 1.93. The molecule has 2 N–H and O–H groups in total. The van der Waals surface area contributed by atoms with Crippen molar-refractivity contribution in [3.05, 3.63) is 36.9 Å². The zero-order chi connectivity index (χ0) is 10.9. The first kappa shape index (κ1) is 11.6. The molecule has 0 aliphatic carbocycles. The van der Waals surface area contributed by atoms with E-state index in [4.69, 9.17) is 10.5 Å². The molecule has 1 rings (SSSR count). The maximum absolute atomic E-state index is 5.64. The molecular weight excluding hydrogens is 186 g/mol. The number of hydrogen-bond acceptors (Lipinski definition) is 2. The lowest BCUT2D eigenvalue weighted by molar-refractivity contribution is 0.305. The minimum atomic E-state index is 0.749. The van der Waals surface area contributed by atoms with Gasteiger partial charge in [-0.2, -0.15) is 0 Å². The fourth-order valence-electron chi connectivity index (χ4n) is 1.36. The summed E-state index contributed by atoms with van der Waals surface area (Å²) in [5.74, 6) is 0.860. The summed E-state index contributed by atoms with van der Waals surface area (Å²) in [6.45, 7) is 4.46. The SMILES string of the molecule is C=CCCCCCOc1cccc(N)c1. The third-order valence-electron chi connectivity index (χ3n) is 2.18. The molecule has 0 amide bonds. The lowest BCUT2D eigenvalue weighted by Crippen LogP contribution is -1.97.